The SMILES string of the molecule is CC(=O)N1c2ccc(-c3cnn(C4CC4)c3)c(Oc3ccnc(C(F)(F)F)n3)c2CC[C@@H]1C. The molecule has 172 valence electrons. The van der Waals surface area contributed by atoms with Crippen molar-refractivity contribution in [1.29, 1.82) is 0 Å². The van der Waals surface area contributed by atoms with E-state index in [0.29, 0.717) is 35.9 Å². The highest BCUT2D eigenvalue weighted by Crippen LogP contribution is 2.45. The molecule has 0 saturated heterocycles. The number of rotatable bonds is 4. The molecule has 0 spiro atoms. The number of anilines is 1. The van der Waals surface area contributed by atoms with Gasteiger partial charge in [-0.05, 0) is 44.7 Å². The van der Waals surface area contributed by atoms with Crippen LogP contribution in [0.5, 0.6) is 11.6 Å². The first-order valence-corrected chi connectivity index (χ1v) is 10.8. The second kappa shape index (κ2) is 7.86. The molecule has 1 atom stereocenters. The van der Waals surface area contributed by atoms with E-state index in [-0.39, 0.29) is 17.8 Å². The summed E-state index contributed by atoms with van der Waals surface area (Å²) in [6, 6.07) is 5.36. The smallest absolute Gasteiger partial charge is 0.438 e. The van der Waals surface area contributed by atoms with Crippen LogP contribution in [0, 0.1) is 0 Å². The number of fused-ring (bicyclic) bond motifs is 1. The standard InChI is InChI=1S/C23H22F3N5O2/c1-13-3-6-18-19(31(13)14(2)32)8-7-17(15-11-28-30(12-15)16-4-5-16)21(18)33-20-9-10-27-22(29-20)23(24,25)26/h7-13,16H,3-6H2,1-2H3/t13-/m0/s1. The van der Waals surface area contributed by atoms with Crippen molar-refractivity contribution in [1.82, 2.24) is 19.7 Å². The lowest BCUT2D eigenvalue weighted by molar-refractivity contribution is -0.145. The maximum Gasteiger partial charge on any atom is 0.451 e. The van der Waals surface area contributed by atoms with Gasteiger partial charge < -0.3 is 9.64 Å². The van der Waals surface area contributed by atoms with Crippen molar-refractivity contribution < 1.29 is 22.7 Å². The Labute approximate surface area is 188 Å². The van der Waals surface area contributed by atoms with Crippen molar-refractivity contribution in [3.05, 3.63) is 48.2 Å². The zero-order valence-corrected chi connectivity index (χ0v) is 18.1. The van der Waals surface area contributed by atoms with Crippen molar-refractivity contribution in [3.63, 3.8) is 0 Å². The van der Waals surface area contributed by atoms with Crippen LogP contribution >= 0.6 is 0 Å². The summed E-state index contributed by atoms with van der Waals surface area (Å²) in [6.45, 7) is 3.47. The third-order valence-corrected chi connectivity index (χ3v) is 6.01. The Kier molecular flexibility index (Phi) is 5.10. The average molecular weight is 457 g/mol. The van der Waals surface area contributed by atoms with Crippen LogP contribution in [-0.2, 0) is 17.4 Å². The number of aromatic nitrogens is 4. The molecule has 1 aromatic carbocycles. The van der Waals surface area contributed by atoms with Gasteiger partial charge in [-0.2, -0.15) is 23.3 Å². The molecule has 0 unspecified atom stereocenters. The van der Waals surface area contributed by atoms with Crippen molar-refractivity contribution in [2.24, 2.45) is 0 Å². The minimum atomic E-state index is -4.69. The van der Waals surface area contributed by atoms with Gasteiger partial charge in [0.1, 0.15) is 5.75 Å². The minimum Gasteiger partial charge on any atom is -0.438 e. The molecule has 1 aliphatic heterocycles. The Morgan fingerprint density at radius 1 is 1.18 bits per heavy atom. The fourth-order valence-electron chi connectivity index (χ4n) is 4.28. The summed E-state index contributed by atoms with van der Waals surface area (Å²) >= 11 is 0. The van der Waals surface area contributed by atoms with Crippen LogP contribution in [0.25, 0.3) is 11.1 Å². The molecule has 7 nitrogen and oxygen atoms in total. The number of alkyl halides is 3. The monoisotopic (exact) mass is 457 g/mol. The van der Waals surface area contributed by atoms with E-state index in [1.54, 1.807) is 11.1 Å². The number of carbonyl (C=O) groups is 1. The predicted molar refractivity (Wildman–Crippen MR) is 114 cm³/mol. The highest BCUT2D eigenvalue weighted by atomic mass is 19.4. The van der Waals surface area contributed by atoms with Gasteiger partial charge in [0, 0.05) is 48.1 Å². The number of benzene rings is 1. The van der Waals surface area contributed by atoms with Gasteiger partial charge in [-0.1, -0.05) is 0 Å². The second-order valence-corrected chi connectivity index (χ2v) is 8.48. The molecule has 10 heteroatoms. The maximum absolute atomic E-state index is 13.2. The van der Waals surface area contributed by atoms with E-state index in [9.17, 15) is 18.0 Å². The van der Waals surface area contributed by atoms with Gasteiger partial charge in [0.25, 0.3) is 0 Å². The molecule has 3 heterocycles. The highest BCUT2D eigenvalue weighted by molar-refractivity contribution is 5.95. The third kappa shape index (κ3) is 4.05. The predicted octanol–water partition coefficient (Wildman–Crippen LogP) is 5.17. The Morgan fingerprint density at radius 2 is 1.97 bits per heavy atom. The third-order valence-electron chi connectivity index (χ3n) is 6.01. The van der Waals surface area contributed by atoms with Crippen molar-refractivity contribution in [2.75, 3.05) is 4.90 Å². The van der Waals surface area contributed by atoms with Crippen LogP contribution in [0.4, 0.5) is 18.9 Å². The van der Waals surface area contributed by atoms with Gasteiger partial charge >= 0.3 is 6.18 Å². The zero-order valence-electron chi connectivity index (χ0n) is 18.1. The molecular weight excluding hydrogens is 435 g/mol. The van der Waals surface area contributed by atoms with E-state index in [1.165, 1.54) is 13.0 Å². The maximum atomic E-state index is 13.2. The van der Waals surface area contributed by atoms with Crippen LogP contribution < -0.4 is 9.64 Å². The van der Waals surface area contributed by atoms with Gasteiger partial charge in [-0.15, -0.1) is 0 Å². The van der Waals surface area contributed by atoms with Gasteiger partial charge in [0.15, 0.2) is 0 Å². The first-order valence-electron chi connectivity index (χ1n) is 10.8. The van der Waals surface area contributed by atoms with Crippen molar-refractivity contribution >= 4 is 11.6 Å². The summed E-state index contributed by atoms with van der Waals surface area (Å²) < 4.78 is 47.4. The Hall–Kier alpha value is -3.43. The largest absolute Gasteiger partial charge is 0.451 e. The quantitative estimate of drug-likeness (QED) is 0.540. The molecule has 1 fully saturated rings. The van der Waals surface area contributed by atoms with Crippen LogP contribution in [0.15, 0.2) is 36.8 Å². The average Bonchev–Trinajstić information content (AvgIpc) is 3.50. The Bertz CT molecular complexity index is 1220. The van der Waals surface area contributed by atoms with Crippen LogP contribution in [-0.4, -0.2) is 31.7 Å². The number of amides is 1. The van der Waals surface area contributed by atoms with Gasteiger partial charge in [0.05, 0.1) is 17.9 Å². The zero-order chi connectivity index (χ0) is 23.3. The lowest BCUT2D eigenvalue weighted by Gasteiger charge is -2.35. The van der Waals surface area contributed by atoms with E-state index >= 15 is 0 Å². The van der Waals surface area contributed by atoms with Gasteiger partial charge in [0.2, 0.25) is 17.6 Å². The summed E-state index contributed by atoms with van der Waals surface area (Å²) in [6.07, 6.45) is 3.43. The summed E-state index contributed by atoms with van der Waals surface area (Å²) in [7, 11) is 0. The number of nitrogens with zero attached hydrogens (tertiary/aromatic N) is 5. The normalized spacial score (nSPS) is 18.2. The molecule has 5 rings (SSSR count). The van der Waals surface area contributed by atoms with E-state index in [4.69, 9.17) is 4.74 Å². The summed E-state index contributed by atoms with van der Waals surface area (Å²) in [4.78, 5) is 21.0. The number of carbonyl (C=O) groups excluding carboxylic acids is 1. The molecule has 1 saturated carbocycles. The van der Waals surface area contributed by atoms with E-state index in [1.807, 2.05) is 29.9 Å². The minimum absolute atomic E-state index is 0.00204. The Morgan fingerprint density at radius 3 is 2.67 bits per heavy atom. The van der Waals surface area contributed by atoms with Crippen molar-refractivity contribution in [3.8, 4) is 22.8 Å². The molecule has 3 aromatic rings. The summed E-state index contributed by atoms with van der Waals surface area (Å²) in [5.74, 6) is -1.21. The lowest BCUT2D eigenvalue weighted by Crippen LogP contribution is -2.40. The number of hydrogen-bond acceptors (Lipinski definition) is 5. The molecule has 2 aromatic heterocycles. The van der Waals surface area contributed by atoms with Crippen LogP contribution in [0.3, 0.4) is 0 Å². The molecule has 1 amide bonds. The molecule has 0 N–H and O–H groups in total. The molecule has 0 radical (unpaired) electrons. The molecule has 1 aliphatic carbocycles. The summed E-state index contributed by atoms with van der Waals surface area (Å²) in [5, 5.41) is 4.44. The first-order chi connectivity index (χ1) is 15.7. The molecule has 0 bridgehead atoms. The fraction of sp³-hybridized carbons (Fsp3) is 0.391. The van der Waals surface area contributed by atoms with E-state index < -0.39 is 12.0 Å². The van der Waals surface area contributed by atoms with Gasteiger partial charge in [-0.25, -0.2) is 4.98 Å². The topological polar surface area (TPSA) is 73.1 Å². The van der Waals surface area contributed by atoms with Crippen LogP contribution in [0.2, 0.25) is 0 Å². The lowest BCUT2D eigenvalue weighted by atomic mass is 9.92. The first kappa shape index (κ1) is 21.4. The fourth-order valence-corrected chi connectivity index (χ4v) is 4.28. The Balaban J connectivity index is 1.63. The number of halogens is 3. The molecule has 33 heavy (non-hydrogen) atoms. The van der Waals surface area contributed by atoms with Gasteiger partial charge in [-0.3, -0.25) is 9.48 Å². The van der Waals surface area contributed by atoms with Crippen LogP contribution in [0.1, 0.15) is 50.5 Å². The second-order valence-electron chi connectivity index (χ2n) is 8.48. The molecule has 2 aliphatic rings. The van der Waals surface area contributed by atoms with E-state index in [0.717, 1.165) is 30.2 Å². The summed E-state index contributed by atoms with van der Waals surface area (Å²) in [5.41, 5.74) is 2.93. The molecular formula is C23H22F3N5O2. The number of ether oxygens (including phenoxy) is 1. The van der Waals surface area contributed by atoms with Crippen molar-refractivity contribution in [2.45, 2.75) is 57.8 Å². The highest BCUT2D eigenvalue weighted by Gasteiger charge is 2.35. The van der Waals surface area contributed by atoms with E-state index in [2.05, 4.69) is 15.1 Å². The number of hydrogen-bond donors (Lipinski definition) is 0.